The lowest BCUT2D eigenvalue weighted by Crippen LogP contribution is -2.46. The van der Waals surface area contributed by atoms with Gasteiger partial charge < -0.3 is 15.1 Å². The van der Waals surface area contributed by atoms with Gasteiger partial charge in [-0.25, -0.2) is 9.18 Å². The normalized spacial score (nSPS) is 27.6. The summed E-state index contributed by atoms with van der Waals surface area (Å²) in [6.45, 7) is 0. The van der Waals surface area contributed by atoms with E-state index < -0.39 is 23.9 Å². The summed E-state index contributed by atoms with van der Waals surface area (Å²) in [7, 11) is 0. The van der Waals surface area contributed by atoms with Gasteiger partial charge in [0.25, 0.3) is 0 Å². The maximum atomic E-state index is 13.3. The van der Waals surface area contributed by atoms with E-state index in [9.17, 15) is 24.2 Å². The highest BCUT2D eigenvalue weighted by Gasteiger charge is 2.47. The number of likely N-dealkylation sites (tertiary alicyclic amines) is 1. The van der Waals surface area contributed by atoms with Gasteiger partial charge in [0.15, 0.2) is 0 Å². The number of amides is 1. The monoisotopic (exact) mass is 335 g/mol. The first-order valence-corrected chi connectivity index (χ1v) is 8.45. The minimum atomic E-state index is -1.13. The number of aliphatic hydroxyl groups excluding tert-OH is 1. The van der Waals surface area contributed by atoms with Crippen molar-refractivity contribution in [2.24, 2.45) is 5.92 Å². The Balaban J connectivity index is 1.75. The molecule has 1 aliphatic carbocycles. The van der Waals surface area contributed by atoms with Gasteiger partial charge in [0, 0.05) is 6.04 Å². The zero-order valence-corrected chi connectivity index (χ0v) is 13.4. The van der Waals surface area contributed by atoms with Crippen molar-refractivity contribution in [3.63, 3.8) is 0 Å². The molecule has 1 aromatic carbocycles. The molecule has 0 spiro atoms. The highest BCUT2D eigenvalue weighted by atomic mass is 19.1. The SMILES string of the molecule is O=C(O)[C@@H]1C[C@@H]2CCCC[C@H]2N1C(=O)C[C@H](O)c1cccc(F)c1. The number of fused-ring (bicyclic) bond motifs is 1. The molecule has 0 bridgehead atoms. The predicted octanol–water partition coefficient (Wildman–Crippen LogP) is 2.49. The van der Waals surface area contributed by atoms with Gasteiger partial charge in [-0.1, -0.05) is 25.0 Å². The Kier molecular flexibility index (Phi) is 4.85. The number of aliphatic carboxylic acids is 1. The standard InChI is InChI=1S/C18H22FNO4/c19-13-6-3-5-12(8-13)16(21)10-17(22)20-14-7-2-1-4-11(14)9-15(20)18(23)24/h3,5-6,8,11,14-16,21H,1-2,4,7,9-10H2,(H,23,24)/t11-,14+,15-,16-/m0/s1. The van der Waals surface area contributed by atoms with Crippen molar-refractivity contribution < 1.29 is 24.2 Å². The third-order valence-electron chi connectivity index (χ3n) is 5.26. The van der Waals surface area contributed by atoms with Crippen LogP contribution in [0.5, 0.6) is 0 Å². The van der Waals surface area contributed by atoms with Crippen LogP contribution in [0.4, 0.5) is 4.39 Å². The minimum absolute atomic E-state index is 0.0490. The first-order valence-electron chi connectivity index (χ1n) is 8.45. The van der Waals surface area contributed by atoms with Crippen LogP contribution in [0.15, 0.2) is 24.3 Å². The van der Waals surface area contributed by atoms with E-state index in [0.29, 0.717) is 12.0 Å². The fourth-order valence-electron chi connectivity index (χ4n) is 4.14. The van der Waals surface area contributed by atoms with Gasteiger partial charge in [-0.15, -0.1) is 0 Å². The Morgan fingerprint density at radius 1 is 1.29 bits per heavy atom. The van der Waals surface area contributed by atoms with Crippen LogP contribution >= 0.6 is 0 Å². The molecule has 1 heterocycles. The molecule has 2 aliphatic rings. The van der Waals surface area contributed by atoms with Crippen LogP contribution < -0.4 is 0 Å². The van der Waals surface area contributed by atoms with Crippen LogP contribution in [0.1, 0.15) is 50.2 Å². The number of hydrogen-bond donors (Lipinski definition) is 2. The predicted molar refractivity (Wildman–Crippen MR) is 84.6 cm³/mol. The van der Waals surface area contributed by atoms with Crippen LogP contribution in [0.3, 0.4) is 0 Å². The molecule has 5 nitrogen and oxygen atoms in total. The number of carbonyl (C=O) groups is 2. The van der Waals surface area contributed by atoms with Gasteiger partial charge in [-0.3, -0.25) is 4.79 Å². The summed E-state index contributed by atoms with van der Waals surface area (Å²) in [6.07, 6.45) is 2.95. The van der Waals surface area contributed by atoms with Crippen molar-refractivity contribution in [2.45, 2.75) is 56.7 Å². The molecule has 3 rings (SSSR count). The van der Waals surface area contributed by atoms with Gasteiger partial charge in [0.05, 0.1) is 12.5 Å². The third-order valence-corrected chi connectivity index (χ3v) is 5.26. The lowest BCUT2D eigenvalue weighted by molar-refractivity contribution is -0.150. The van der Waals surface area contributed by atoms with E-state index in [2.05, 4.69) is 0 Å². The second-order valence-corrected chi connectivity index (χ2v) is 6.78. The molecule has 0 unspecified atom stereocenters. The third kappa shape index (κ3) is 3.29. The molecular weight excluding hydrogens is 313 g/mol. The molecule has 2 fully saturated rings. The number of halogens is 1. The van der Waals surface area contributed by atoms with Gasteiger partial charge in [-0.2, -0.15) is 0 Å². The van der Waals surface area contributed by atoms with E-state index in [1.807, 2.05) is 0 Å². The van der Waals surface area contributed by atoms with Crippen molar-refractivity contribution >= 4 is 11.9 Å². The molecule has 0 radical (unpaired) electrons. The van der Waals surface area contributed by atoms with Crippen LogP contribution in [0.25, 0.3) is 0 Å². The molecule has 24 heavy (non-hydrogen) atoms. The lowest BCUT2D eigenvalue weighted by atomic mass is 9.84. The second-order valence-electron chi connectivity index (χ2n) is 6.78. The zero-order valence-electron chi connectivity index (χ0n) is 13.4. The fraction of sp³-hybridized carbons (Fsp3) is 0.556. The molecule has 0 aromatic heterocycles. The number of aliphatic hydroxyl groups is 1. The highest BCUT2D eigenvalue weighted by Crippen LogP contribution is 2.40. The summed E-state index contributed by atoms with van der Waals surface area (Å²) in [5.41, 5.74) is 0.328. The molecule has 1 aromatic rings. The number of hydrogen-bond acceptors (Lipinski definition) is 3. The van der Waals surface area contributed by atoms with E-state index in [1.54, 1.807) is 6.07 Å². The maximum absolute atomic E-state index is 13.3. The first kappa shape index (κ1) is 16.9. The summed E-state index contributed by atoms with van der Waals surface area (Å²) in [5.74, 6) is -1.60. The van der Waals surface area contributed by atoms with E-state index >= 15 is 0 Å². The molecule has 130 valence electrons. The van der Waals surface area contributed by atoms with Gasteiger partial charge in [0.1, 0.15) is 11.9 Å². The van der Waals surface area contributed by atoms with E-state index in [4.69, 9.17) is 0 Å². The Labute approximate surface area is 140 Å². The Hall–Kier alpha value is -1.95. The molecule has 1 aliphatic heterocycles. The summed E-state index contributed by atoms with van der Waals surface area (Å²) in [4.78, 5) is 25.7. The topological polar surface area (TPSA) is 77.8 Å². The summed E-state index contributed by atoms with van der Waals surface area (Å²) >= 11 is 0. The molecule has 2 N–H and O–H groups in total. The quantitative estimate of drug-likeness (QED) is 0.886. The van der Waals surface area contributed by atoms with Crippen LogP contribution in [-0.2, 0) is 9.59 Å². The average Bonchev–Trinajstić information content (AvgIpc) is 2.94. The number of rotatable bonds is 4. The van der Waals surface area contributed by atoms with Crippen molar-refractivity contribution in [1.82, 2.24) is 4.90 Å². The smallest absolute Gasteiger partial charge is 0.326 e. The fourth-order valence-corrected chi connectivity index (χ4v) is 4.14. The molecule has 1 amide bonds. The molecular formula is C18H22FNO4. The van der Waals surface area contributed by atoms with Crippen molar-refractivity contribution in [3.05, 3.63) is 35.6 Å². The molecule has 1 saturated heterocycles. The average molecular weight is 335 g/mol. The molecule has 1 saturated carbocycles. The number of carboxylic acids is 1. The number of carbonyl (C=O) groups excluding carboxylic acids is 1. The summed E-state index contributed by atoms with van der Waals surface area (Å²) in [5, 5.41) is 19.7. The Morgan fingerprint density at radius 2 is 2.04 bits per heavy atom. The van der Waals surface area contributed by atoms with Gasteiger partial charge in [0.2, 0.25) is 5.91 Å². The summed E-state index contributed by atoms with van der Waals surface area (Å²) < 4.78 is 13.3. The van der Waals surface area contributed by atoms with E-state index in [-0.39, 0.29) is 24.3 Å². The van der Waals surface area contributed by atoms with Crippen LogP contribution in [-0.4, -0.2) is 39.1 Å². The van der Waals surface area contributed by atoms with Crippen LogP contribution in [0, 0.1) is 11.7 Å². The summed E-state index contributed by atoms with van der Waals surface area (Å²) in [6, 6.07) is 4.64. The maximum Gasteiger partial charge on any atom is 0.326 e. The highest BCUT2D eigenvalue weighted by molar-refractivity contribution is 5.85. The van der Waals surface area contributed by atoms with E-state index in [0.717, 1.165) is 25.7 Å². The minimum Gasteiger partial charge on any atom is -0.480 e. The van der Waals surface area contributed by atoms with Gasteiger partial charge in [-0.05, 0) is 42.9 Å². The first-order chi connectivity index (χ1) is 11.5. The number of carboxylic acid groups (broad SMARTS) is 1. The largest absolute Gasteiger partial charge is 0.480 e. The van der Waals surface area contributed by atoms with Crippen LogP contribution in [0.2, 0.25) is 0 Å². The molecule has 6 heteroatoms. The van der Waals surface area contributed by atoms with E-state index in [1.165, 1.54) is 23.1 Å². The Bertz CT molecular complexity index is 635. The zero-order chi connectivity index (χ0) is 17.3. The van der Waals surface area contributed by atoms with Crippen molar-refractivity contribution in [2.75, 3.05) is 0 Å². The van der Waals surface area contributed by atoms with Gasteiger partial charge >= 0.3 is 5.97 Å². The second kappa shape index (κ2) is 6.89. The Morgan fingerprint density at radius 3 is 2.75 bits per heavy atom. The molecule has 4 atom stereocenters. The van der Waals surface area contributed by atoms with Crippen molar-refractivity contribution in [1.29, 1.82) is 0 Å². The lowest BCUT2D eigenvalue weighted by Gasteiger charge is -2.33. The number of nitrogens with zero attached hydrogens (tertiary/aromatic N) is 1. The number of benzene rings is 1. The van der Waals surface area contributed by atoms with Crippen molar-refractivity contribution in [3.8, 4) is 0 Å².